The SMILES string of the molecule is CCOC(=O)NC1CC(C)CN(c2cccc(OC)c2)C1. The standard InChI is InChI=1S/C16H24N2O3/c1-4-21-16(19)17-13-8-12(2)10-18(11-13)14-6-5-7-15(9-14)20-3/h5-7,9,12-13H,4,8,10-11H2,1-3H3,(H,17,19). The van der Waals surface area contributed by atoms with Gasteiger partial charge in [-0.15, -0.1) is 0 Å². The highest BCUT2D eigenvalue weighted by Crippen LogP contribution is 2.26. The smallest absolute Gasteiger partial charge is 0.407 e. The lowest BCUT2D eigenvalue weighted by molar-refractivity contribution is 0.145. The number of ether oxygens (including phenoxy) is 2. The summed E-state index contributed by atoms with van der Waals surface area (Å²) in [6, 6.07) is 8.13. The van der Waals surface area contributed by atoms with Crippen LogP contribution in [0.2, 0.25) is 0 Å². The molecule has 1 N–H and O–H groups in total. The molecule has 0 saturated carbocycles. The number of benzene rings is 1. The third-order valence-corrected chi connectivity index (χ3v) is 3.68. The molecule has 1 aliphatic heterocycles. The van der Waals surface area contributed by atoms with Gasteiger partial charge >= 0.3 is 6.09 Å². The van der Waals surface area contributed by atoms with Gasteiger partial charge in [0.25, 0.3) is 0 Å². The Morgan fingerprint density at radius 2 is 2.24 bits per heavy atom. The lowest BCUT2D eigenvalue weighted by atomic mass is 9.95. The van der Waals surface area contributed by atoms with Gasteiger partial charge in [-0.1, -0.05) is 13.0 Å². The molecule has 116 valence electrons. The summed E-state index contributed by atoms with van der Waals surface area (Å²) >= 11 is 0. The van der Waals surface area contributed by atoms with E-state index in [4.69, 9.17) is 9.47 Å². The zero-order valence-electron chi connectivity index (χ0n) is 13.0. The van der Waals surface area contributed by atoms with Crippen LogP contribution >= 0.6 is 0 Å². The molecule has 0 bridgehead atoms. The second-order valence-corrected chi connectivity index (χ2v) is 5.51. The molecule has 2 rings (SSSR count). The average molecular weight is 292 g/mol. The Kier molecular flexibility index (Phi) is 5.31. The van der Waals surface area contributed by atoms with Crippen LogP contribution in [-0.4, -0.2) is 38.9 Å². The number of piperidine rings is 1. The van der Waals surface area contributed by atoms with E-state index in [9.17, 15) is 4.79 Å². The van der Waals surface area contributed by atoms with Gasteiger partial charge in [-0.25, -0.2) is 4.79 Å². The largest absolute Gasteiger partial charge is 0.497 e. The van der Waals surface area contributed by atoms with Crippen molar-refractivity contribution in [2.75, 3.05) is 31.7 Å². The van der Waals surface area contributed by atoms with Crippen LogP contribution in [-0.2, 0) is 4.74 Å². The number of hydrogen-bond donors (Lipinski definition) is 1. The van der Waals surface area contributed by atoms with E-state index in [2.05, 4.69) is 23.2 Å². The molecule has 1 aromatic carbocycles. The third-order valence-electron chi connectivity index (χ3n) is 3.68. The van der Waals surface area contributed by atoms with Crippen molar-refractivity contribution in [3.05, 3.63) is 24.3 Å². The van der Waals surface area contributed by atoms with Crippen LogP contribution in [0.15, 0.2) is 24.3 Å². The van der Waals surface area contributed by atoms with E-state index in [-0.39, 0.29) is 12.1 Å². The summed E-state index contributed by atoms with van der Waals surface area (Å²) in [6.45, 7) is 6.18. The van der Waals surface area contributed by atoms with Gasteiger partial charge in [-0.05, 0) is 31.4 Å². The zero-order valence-corrected chi connectivity index (χ0v) is 13.0. The van der Waals surface area contributed by atoms with Crippen molar-refractivity contribution in [1.82, 2.24) is 5.32 Å². The van der Waals surface area contributed by atoms with Gasteiger partial charge < -0.3 is 19.7 Å². The third kappa shape index (κ3) is 4.28. The van der Waals surface area contributed by atoms with E-state index in [1.54, 1.807) is 7.11 Å². The molecule has 2 unspecified atom stereocenters. The maximum atomic E-state index is 11.6. The Morgan fingerprint density at radius 1 is 1.43 bits per heavy atom. The quantitative estimate of drug-likeness (QED) is 0.927. The predicted molar refractivity (Wildman–Crippen MR) is 82.9 cm³/mol. The van der Waals surface area contributed by atoms with E-state index < -0.39 is 0 Å². The van der Waals surface area contributed by atoms with Crippen molar-refractivity contribution in [3.63, 3.8) is 0 Å². The second-order valence-electron chi connectivity index (χ2n) is 5.51. The molecule has 0 aliphatic carbocycles. The summed E-state index contributed by atoms with van der Waals surface area (Å²) < 4.78 is 10.2. The molecule has 1 heterocycles. The molecule has 1 aliphatic rings. The number of methoxy groups -OCH3 is 1. The minimum absolute atomic E-state index is 0.110. The van der Waals surface area contributed by atoms with Gasteiger partial charge in [0.2, 0.25) is 0 Å². The van der Waals surface area contributed by atoms with Gasteiger partial charge in [-0.3, -0.25) is 0 Å². The van der Waals surface area contributed by atoms with E-state index >= 15 is 0 Å². The Labute approximate surface area is 126 Å². The number of carbonyl (C=O) groups excluding carboxylic acids is 1. The van der Waals surface area contributed by atoms with Gasteiger partial charge in [0.05, 0.1) is 13.7 Å². The van der Waals surface area contributed by atoms with Crippen molar-refractivity contribution >= 4 is 11.8 Å². The molecule has 0 spiro atoms. The molecule has 1 fully saturated rings. The van der Waals surface area contributed by atoms with Gasteiger partial charge in [-0.2, -0.15) is 0 Å². The summed E-state index contributed by atoms with van der Waals surface area (Å²) in [5, 5.41) is 2.94. The van der Waals surface area contributed by atoms with Crippen LogP contribution in [0.4, 0.5) is 10.5 Å². The Hall–Kier alpha value is -1.91. The highest BCUT2D eigenvalue weighted by atomic mass is 16.5. The molecule has 1 saturated heterocycles. The first-order chi connectivity index (χ1) is 10.1. The first-order valence-electron chi connectivity index (χ1n) is 7.44. The Morgan fingerprint density at radius 3 is 2.95 bits per heavy atom. The summed E-state index contributed by atoms with van der Waals surface area (Å²) in [6.07, 6.45) is 0.640. The maximum Gasteiger partial charge on any atom is 0.407 e. The minimum Gasteiger partial charge on any atom is -0.497 e. The van der Waals surface area contributed by atoms with Crippen molar-refractivity contribution in [2.45, 2.75) is 26.3 Å². The van der Waals surface area contributed by atoms with E-state index in [0.717, 1.165) is 30.9 Å². The number of carbonyl (C=O) groups is 1. The highest BCUT2D eigenvalue weighted by molar-refractivity contribution is 5.67. The maximum absolute atomic E-state index is 11.6. The van der Waals surface area contributed by atoms with Gasteiger partial charge in [0.1, 0.15) is 5.75 Å². The van der Waals surface area contributed by atoms with Crippen LogP contribution in [0, 0.1) is 5.92 Å². The fourth-order valence-corrected chi connectivity index (χ4v) is 2.81. The van der Waals surface area contributed by atoms with E-state index in [0.29, 0.717) is 12.5 Å². The molecule has 0 radical (unpaired) electrons. The number of amides is 1. The Bertz CT molecular complexity index is 478. The molecule has 5 heteroatoms. The van der Waals surface area contributed by atoms with Crippen molar-refractivity contribution < 1.29 is 14.3 Å². The zero-order chi connectivity index (χ0) is 15.2. The van der Waals surface area contributed by atoms with E-state index in [1.807, 2.05) is 25.1 Å². The molecular weight excluding hydrogens is 268 g/mol. The van der Waals surface area contributed by atoms with Crippen LogP contribution < -0.4 is 15.0 Å². The number of nitrogens with one attached hydrogen (secondary N) is 1. The highest BCUT2D eigenvalue weighted by Gasteiger charge is 2.26. The molecular formula is C16H24N2O3. The first kappa shape index (κ1) is 15.5. The van der Waals surface area contributed by atoms with Crippen LogP contribution in [0.25, 0.3) is 0 Å². The fraction of sp³-hybridized carbons (Fsp3) is 0.562. The van der Waals surface area contributed by atoms with Gasteiger partial charge in [0.15, 0.2) is 0 Å². The Balaban J connectivity index is 2.04. The topological polar surface area (TPSA) is 50.8 Å². The fourth-order valence-electron chi connectivity index (χ4n) is 2.81. The lowest BCUT2D eigenvalue weighted by Crippen LogP contribution is -2.50. The van der Waals surface area contributed by atoms with E-state index in [1.165, 1.54) is 0 Å². The summed E-state index contributed by atoms with van der Waals surface area (Å²) in [5.74, 6) is 1.36. The van der Waals surface area contributed by atoms with Crippen molar-refractivity contribution in [2.24, 2.45) is 5.92 Å². The molecule has 0 aromatic heterocycles. The number of rotatable bonds is 4. The summed E-state index contributed by atoms with van der Waals surface area (Å²) in [4.78, 5) is 13.9. The number of nitrogens with zero attached hydrogens (tertiary/aromatic N) is 1. The minimum atomic E-state index is -0.331. The lowest BCUT2D eigenvalue weighted by Gasteiger charge is -2.38. The van der Waals surface area contributed by atoms with Gasteiger partial charge in [0, 0.05) is 30.9 Å². The van der Waals surface area contributed by atoms with Crippen LogP contribution in [0.1, 0.15) is 20.3 Å². The molecule has 2 atom stereocenters. The normalized spacial score (nSPS) is 21.8. The monoisotopic (exact) mass is 292 g/mol. The molecule has 21 heavy (non-hydrogen) atoms. The van der Waals surface area contributed by atoms with Crippen LogP contribution in [0.3, 0.4) is 0 Å². The van der Waals surface area contributed by atoms with Crippen molar-refractivity contribution in [1.29, 1.82) is 0 Å². The second kappa shape index (κ2) is 7.20. The van der Waals surface area contributed by atoms with Crippen LogP contribution in [0.5, 0.6) is 5.75 Å². The number of alkyl carbamates (subject to hydrolysis) is 1. The molecule has 1 aromatic rings. The molecule has 5 nitrogen and oxygen atoms in total. The van der Waals surface area contributed by atoms with Crippen molar-refractivity contribution in [3.8, 4) is 5.75 Å². The number of hydrogen-bond acceptors (Lipinski definition) is 4. The summed E-state index contributed by atoms with van der Waals surface area (Å²) in [5.41, 5.74) is 1.12. The number of anilines is 1. The average Bonchev–Trinajstić information content (AvgIpc) is 2.47. The first-order valence-corrected chi connectivity index (χ1v) is 7.44. The molecule has 1 amide bonds. The summed E-state index contributed by atoms with van der Waals surface area (Å²) in [7, 11) is 1.67. The predicted octanol–water partition coefficient (Wildman–Crippen LogP) is 2.66.